The minimum absolute atomic E-state index is 0.0794. The van der Waals surface area contributed by atoms with E-state index >= 15 is 0 Å². The van der Waals surface area contributed by atoms with Crippen LogP contribution in [-0.4, -0.2) is 27.1 Å². The van der Waals surface area contributed by atoms with Crippen molar-refractivity contribution in [3.05, 3.63) is 94.0 Å². The lowest BCUT2D eigenvalue weighted by molar-refractivity contribution is -0.119. The van der Waals surface area contributed by atoms with Crippen LogP contribution in [0.3, 0.4) is 0 Å². The molecule has 8 heteroatoms. The van der Waals surface area contributed by atoms with E-state index < -0.39 is 22.5 Å². The maximum Gasteiger partial charge on any atom is 0.264 e. The highest BCUT2D eigenvalue weighted by molar-refractivity contribution is 7.92. The monoisotopic (exact) mass is 469 g/mol. The van der Waals surface area contributed by atoms with Gasteiger partial charge in [-0.25, -0.2) is 13.8 Å². The predicted molar refractivity (Wildman–Crippen MR) is 129 cm³/mol. The molecule has 1 N–H and O–H groups in total. The first-order valence-electron chi connectivity index (χ1n) is 9.91. The zero-order valence-electron chi connectivity index (χ0n) is 18.0. The highest BCUT2D eigenvalue weighted by atomic mass is 35.5. The first-order valence-corrected chi connectivity index (χ1v) is 11.7. The van der Waals surface area contributed by atoms with Crippen molar-refractivity contribution in [2.75, 3.05) is 10.8 Å². The number of hydrogen-bond acceptors (Lipinski definition) is 4. The predicted octanol–water partition coefficient (Wildman–Crippen LogP) is 4.61. The molecule has 3 aromatic carbocycles. The molecule has 1 amide bonds. The highest BCUT2D eigenvalue weighted by Crippen LogP contribution is 2.28. The maximum absolute atomic E-state index is 13.4. The number of aryl methyl sites for hydroxylation is 3. The van der Waals surface area contributed by atoms with Crippen LogP contribution in [0.2, 0.25) is 5.02 Å². The van der Waals surface area contributed by atoms with Gasteiger partial charge in [0.05, 0.1) is 16.8 Å². The normalized spacial score (nSPS) is 11.5. The van der Waals surface area contributed by atoms with Gasteiger partial charge >= 0.3 is 0 Å². The molecule has 3 rings (SSSR count). The Hall–Kier alpha value is -3.16. The molecule has 0 bridgehead atoms. The van der Waals surface area contributed by atoms with E-state index in [1.165, 1.54) is 24.4 Å². The molecule has 166 valence electrons. The minimum Gasteiger partial charge on any atom is -0.271 e. The van der Waals surface area contributed by atoms with Crippen molar-refractivity contribution in [2.24, 2.45) is 5.10 Å². The molecular formula is C24H24ClN3O3S. The van der Waals surface area contributed by atoms with E-state index in [4.69, 9.17) is 11.6 Å². The van der Waals surface area contributed by atoms with Gasteiger partial charge in [-0.3, -0.25) is 9.10 Å². The number of carbonyl (C=O) groups is 1. The molecule has 0 aromatic heterocycles. The topological polar surface area (TPSA) is 78.8 Å². The summed E-state index contributed by atoms with van der Waals surface area (Å²) in [5.74, 6) is -0.583. The Labute approximate surface area is 193 Å². The van der Waals surface area contributed by atoms with E-state index in [0.29, 0.717) is 10.7 Å². The second-order valence-corrected chi connectivity index (χ2v) is 9.73. The van der Waals surface area contributed by atoms with Crippen LogP contribution in [0.1, 0.15) is 22.3 Å². The lowest BCUT2D eigenvalue weighted by Gasteiger charge is -2.24. The number of amides is 1. The Bertz CT molecular complexity index is 1240. The Kier molecular flexibility index (Phi) is 7.33. The molecule has 32 heavy (non-hydrogen) atoms. The molecule has 0 saturated heterocycles. The van der Waals surface area contributed by atoms with Crippen LogP contribution >= 0.6 is 11.6 Å². The van der Waals surface area contributed by atoms with Crippen molar-refractivity contribution in [3.63, 3.8) is 0 Å². The summed E-state index contributed by atoms with van der Waals surface area (Å²) >= 11 is 6.23. The summed E-state index contributed by atoms with van der Waals surface area (Å²) in [6.07, 6.45) is 1.50. The number of anilines is 1. The molecular weight excluding hydrogens is 446 g/mol. The van der Waals surface area contributed by atoms with Gasteiger partial charge in [0.1, 0.15) is 6.54 Å². The van der Waals surface area contributed by atoms with Gasteiger partial charge in [-0.05, 0) is 56.2 Å². The first kappa shape index (κ1) is 23.5. The van der Waals surface area contributed by atoms with E-state index in [1.54, 1.807) is 24.3 Å². The lowest BCUT2D eigenvalue weighted by atomic mass is 10.2. The number of hydrogen-bond donors (Lipinski definition) is 1. The van der Waals surface area contributed by atoms with Gasteiger partial charge in [0.2, 0.25) is 0 Å². The van der Waals surface area contributed by atoms with Gasteiger partial charge in [-0.2, -0.15) is 5.10 Å². The van der Waals surface area contributed by atoms with Crippen LogP contribution in [0.15, 0.2) is 76.7 Å². The fraction of sp³-hybridized carbons (Fsp3) is 0.167. The zero-order chi connectivity index (χ0) is 23.3. The summed E-state index contributed by atoms with van der Waals surface area (Å²) in [6, 6.07) is 18.9. The number of rotatable bonds is 7. The highest BCUT2D eigenvalue weighted by Gasteiger charge is 2.27. The lowest BCUT2D eigenvalue weighted by Crippen LogP contribution is -2.39. The second-order valence-electron chi connectivity index (χ2n) is 7.46. The van der Waals surface area contributed by atoms with E-state index in [0.717, 1.165) is 26.6 Å². The fourth-order valence-electron chi connectivity index (χ4n) is 2.89. The van der Waals surface area contributed by atoms with Gasteiger partial charge in [0.25, 0.3) is 15.9 Å². The van der Waals surface area contributed by atoms with Crippen LogP contribution in [0.5, 0.6) is 0 Å². The molecule has 0 fully saturated rings. The summed E-state index contributed by atoms with van der Waals surface area (Å²) in [5, 5.41) is 4.35. The molecule has 0 aliphatic rings. The van der Waals surface area contributed by atoms with Gasteiger partial charge in [0.15, 0.2) is 0 Å². The number of hydrazone groups is 1. The Morgan fingerprint density at radius 2 is 1.56 bits per heavy atom. The van der Waals surface area contributed by atoms with Gasteiger partial charge in [-0.1, -0.05) is 65.2 Å². The van der Waals surface area contributed by atoms with Crippen molar-refractivity contribution in [1.29, 1.82) is 0 Å². The number of nitrogens with zero attached hydrogens (tertiary/aromatic N) is 2. The number of sulfonamides is 1. The molecule has 0 spiro atoms. The van der Waals surface area contributed by atoms with Crippen LogP contribution in [0.4, 0.5) is 5.69 Å². The Morgan fingerprint density at radius 1 is 0.969 bits per heavy atom. The summed E-state index contributed by atoms with van der Waals surface area (Å²) < 4.78 is 27.8. The Balaban J connectivity index is 1.86. The third-order valence-electron chi connectivity index (χ3n) is 4.82. The van der Waals surface area contributed by atoms with Crippen molar-refractivity contribution < 1.29 is 13.2 Å². The second kappa shape index (κ2) is 9.97. The Morgan fingerprint density at radius 3 is 2.16 bits per heavy atom. The van der Waals surface area contributed by atoms with E-state index in [1.807, 2.05) is 45.0 Å². The van der Waals surface area contributed by atoms with Crippen molar-refractivity contribution in [3.8, 4) is 0 Å². The van der Waals surface area contributed by atoms with Gasteiger partial charge < -0.3 is 0 Å². The average Bonchev–Trinajstić information content (AvgIpc) is 2.76. The number of benzene rings is 3. The van der Waals surface area contributed by atoms with E-state index in [2.05, 4.69) is 10.5 Å². The van der Waals surface area contributed by atoms with Gasteiger partial charge in [-0.15, -0.1) is 0 Å². The van der Waals surface area contributed by atoms with Crippen LogP contribution in [0.25, 0.3) is 0 Å². The fourth-order valence-corrected chi connectivity index (χ4v) is 4.47. The van der Waals surface area contributed by atoms with Crippen LogP contribution in [0, 0.1) is 20.8 Å². The summed E-state index contributed by atoms with van der Waals surface area (Å²) in [5.41, 5.74) is 6.34. The quantitative estimate of drug-likeness (QED) is 0.405. The molecule has 0 aliphatic carbocycles. The third-order valence-corrected chi connectivity index (χ3v) is 7.02. The third kappa shape index (κ3) is 5.75. The number of carbonyl (C=O) groups excluding carboxylic acids is 1. The van der Waals surface area contributed by atoms with E-state index in [-0.39, 0.29) is 4.90 Å². The molecule has 0 saturated carbocycles. The van der Waals surface area contributed by atoms with Crippen LogP contribution in [-0.2, 0) is 14.8 Å². The maximum atomic E-state index is 13.4. The number of nitrogens with one attached hydrogen (secondary N) is 1. The van der Waals surface area contributed by atoms with Crippen molar-refractivity contribution >= 4 is 39.4 Å². The summed E-state index contributed by atoms with van der Waals surface area (Å²) in [7, 11) is -4.02. The molecule has 0 aliphatic heterocycles. The standard InChI is InChI=1S/C24H24ClN3O3S/c1-17-4-9-20(10-5-17)15-26-27-24(29)16-28(21-11-8-19(3)23(25)14-21)32(30,31)22-12-6-18(2)7-13-22/h4-15H,16H2,1-3H3,(H,27,29)/b26-15-. The summed E-state index contributed by atoms with van der Waals surface area (Å²) in [4.78, 5) is 12.7. The van der Waals surface area contributed by atoms with Gasteiger partial charge in [0, 0.05) is 5.02 Å². The van der Waals surface area contributed by atoms with Crippen molar-refractivity contribution in [1.82, 2.24) is 5.43 Å². The zero-order valence-corrected chi connectivity index (χ0v) is 19.6. The molecule has 0 radical (unpaired) electrons. The number of halogens is 1. The molecule has 0 unspecified atom stereocenters. The molecule has 6 nitrogen and oxygen atoms in total. The van der Waals surface area contributed by atoms with Crippen LogP contribution < -0.4 is 9.73 Å². The SMILES string of the molecule is Cc1ccc(/C=N\NC(=O)CN(c2ccc(C)c(Cl)c2)S(=O)(=O)c2ccc(C)cc2)cc1. The van der Waals surface area contributed by atoms with E-state index in [9.17, 15) is 13.2 Å². The molecule has 0 atom stereocenters. The van der Waals surface area contributed by atoms with Crippen molar-refractivity contribution in [2.45, 2.75) is 25.7 Å². The molecule has 0 heterocycles. The average molecular weight is 470 g/mol. The largest absolute Gasteiger partial charge is 0.271 e. The molecule has 3 aromatic rings. The minimum atomic E-state index is -4.02. The summed E-state index contributed by atoms with van der Waals surface area (Å²) in [6.45, 7) is 5.20. The smallest absolute Gasteiger partial charge is 0.264 e. The first-order chi connectivity index (χ1) is 15.2.